The van der Waals surface area contributed by atoms with E-state index in [4.69, 9.17) is 9.98 Å². The van der Waals surface area contributed by atoms with E-state index >= 15 is 0 Å². The molecule has 2 rings (SSSR count). The molecule has 0 aromatic heterocycles. The third kappa shape index (κ3) is 15.1. The van der Waals surface area contributed by atoms with Crippen LogP contribution in [0.1, 0.15) is 134 Å². The molecule has 0 saturated heterocycles. The Morgan fingerprint density at radius 2 is 1.00 bits per heavy atom. The molecule has 40 heavy (non-hydrogen) atoms. The van der Waals surface area contributed by atoms with Crippen molar-refractivity contribution in [2.45, 2.75) is 137 Å². The Balaban J connectivity index is 0.00000800. The van der Waals surface area contributed by atoms with Crippen LogP contribution in [0.3, 0.4) is 0 Å². The van der Waals surface area contributed by atoms with Gasteiger partial charge in [-0.2, -0.15) is 0 Å². The van der Waals surface area contributed by atoms with Gasteiger partial charge in [-0.05, 0) is 91.1 Å². The van der Waals surface area contributed by atoms with E-state index in [9.17, 15) is 0 Å². The van der Waals surface area contributed by atoms with Crippen LogP contribution in [0.2, 0.25) is 0 Å². The molecule has 0 atom stereocenters. The Bertz CT molecular complexity index is 986. The SMILES string of the molecule is CCCCCCCCC/C=C/C(/C=N/c1cc(CCC)cc(CCC)c1)=N\c1cc(CCC)cc(CCC)c1.[Ni]. The molecule has 3 heteroatoms. The fourth-order valence-corrected chi connectivity index (χ4v) is 5.18. The molecule has 2 aromatic rings. The molecule has 0 saturated carbocycles. The van der Waals surface area contributed by atoms with Gasteiger partial charge in [-0.1, -0.05) is 117 Å². The van der Waals surface area contributed by atoms with E-state index in [2.05, 4.69) is 83.2 Å². The summed E-state index contributed by atoms with van der Waals surface area (Å²) in [5, 5.41) is 0. The summed E-state index contributed by atoms with van der Waals surface area (Å²) in [6, 6.07) is 13.8. The van der Waals surface area contributed by atoms with E-state index < -0.39 is 0 Å². The van der Waals surface area contributed by atoms with Crippen molar-refractivity contribution in [1.29, 1.82) is 0 Å². The summed E-state index contributed by atoms with van der Waals surface area (Å²) in [7, 11) is 0. The first-order valence-electron chi connectivity index (χ1n) is 16.2. The van der Waals surface area contributed by atoms with Crippen LogP contribution in [0, 0.1) is 0 Å². The predicted octanol–water partition coefficient (Wildman–Crippen LogP) is 11.7. The van der Waals surface area contributed by atoms with Gasteiger partial charge in [0.25, 0.3) is 0 Å². The van der Waals surface area contributed by atoms with Crippen LogP contribution < -0.4 is 0 Å². The molecule has 0 fully saturated rings. The molecule has 0 bridgehead atoms. The molecule has 0 heterocycles. The number of rotatable bonds is 20. The van der Waals surface area contributed by atoms with Crippen LogP contribution in [0.5, 0.6) is 0 Å². The van der Waals surface area contributed by atoms with Crippen LogP contribution in [0.15, 0.2) is 58.5 Å². The van der Waals surface area contributed by atoms with Gasteiger partial charge < -0.3 is 0 Å². The number of aryl methyl sites for hydroxylation is 4. The summed E-state index contributed by atoms with van der Waals surface area (Å²) in [5.41, 5.74) is 8.60. The maximum absolute atomic E-state index is 5.13. The van der Waals surface area contributed by atoms with Crippen LogP contribution in [0.25, 0.3) is 0 Å². The van der Waals surface area contributed by atoms with Crippen molar-refractivity contribution in [2.75, 3.05) is 0 Å². The Morgan fingerprint density at radius 3 is 1.48 bits per heavy atom. The van der Waals surface area contributed by atoms with Crippen LogP contribution in [-0.4, -0.2) is 11.9 Å². The molecule has 0 spiro atoms. The first-order valence-corrected chi connectivity index (χ1v) is 16.2. The third-order valence-corrected chi connectivity index (χ3v) is 7.10. The van der Waals surface area contributed by atoms with Crippen molar-refractivity contribution in [2.24, 2.45) is 9.98 Å². The number of hydrogen-bond donors (Lipinski definition) is 0. The normalized spacial score (nSPS) is 12.0. The molecule has 0 amide bonds. The van der Waals surface area contributed by atoms with Gasteiger partial charge in [0.1, 0.15) is 0 Å². The van der Waals surface area contributed by atoms with E-state index in [-0.39, 0.29) is 16.5 Å². The molecule has 0 aliphatic carbocycles. The monoisotopic (exact) mass is 586 g/mol. The summed E-state index contributed by atoms with van der Waals surface area (Å²) in [4.78, 5) is 10.1. The topological polar surface area (TPSA) is 24.7 Å². The molecular weight excluding hydrogens is 531 g/mol. The van der Waals surface area contributed by atoms with Crippen molar-refractivity contribution in [1.82, 2.24) is 0 Å². The van der Waals surface area contributed by atoms with E-state index in [0.717, 1.165) is 74.9 Å². The second-order valence-electron chi connectivity index (χ2n) is 11.1. The zero-order valence-electron chi connectivity index (χ0n) is 26.2. The van der Waals surface area contributed by atoms with Gasteiger partial charge in [0.2, 0.25) is 0 Å². The molecule has 224 valence electrons. The number of nitrogens with zero attached hydrogens (tertiary/aromatic N) is 2. The van der Waals surface area contributed by atoms with E-state index in [1.165, 1.54) is 67.2 Å². The first kappa shape index (κ1) is 36.0. The van der Waals surface area contributed by atoms with Gasteiger partial charge in [-0.3, -0.25) is 4.99 Å². The second kappa shape index (κ2) is 22.7. The molecule has 0 radical (unpaired) electrons. The van der Waals surface area contributed by atoms with Gasteiger partial charge in [0, 0.05) is 16.5 Å². The molecular formula is C37H56N2Ni. The van der Waals surface area contributed by atoms with Crippen molar-refractivity contribution in [3.63, 3.8) is 0 Å². The Morgan fingerprint density at radius 1 is 0.550 bits per heavy atom. The average Bonchev–Trinajstić information content (AvgIpc) is 2.91. The zero-order chi connectivity index (χ0) is 28.1. The van der Waals surface area contributed by atoms with Gasteiger partial charge in [-0.25, -0.2) is 4.99 Å². The minimum Gasteiger partial charge on any atom is -0.255 e. The van der Waals surface area contributed by atoms with Crippen LogP contribution in [-0.2, 0) is 42.2 Å². The zero-order valence-corrected chi connectivity index (χ0v) is 27.2. The number of allylic oxidation sites excluding steroid dienone is 2. The van der Waals surface area contributed by atoms with E-state index in [0.29, 0.717) is 0 Å². The number of hydrogen-bond acceptors (Lipinski definition) is 2. The van der Waals surface area contributed by atoms with Crippen LogP contribution >= 0.6 is 0 Å². The molecule has 0 unspecified atom stereocenters. The first-order chi connectivity index (χ1) is 19.1. The summed E-state index contributed by atoms with van der Waals surface area (Å²) in [5.74, 6) is 0. The van der Waals surface area contributed by atoms with Crippen molar-refractivity contribution < 1.29 is 16.5 Å². The van der Waals surface area contributed by atoms with Gasteiger partial charge >= 0.3 is 0 Å². The van der Waals surface area contributed by atoms with Crippen molar-refractivity contribution in [3.8, 4) is 0 Å². The summed E-state index contributed by atoms with van der Waals surface area (Å²) >= 11 is 0. The largest absolute Gasteiger partial charge is 0.255 e. The van der Waals surface area contributed by atoms with Crippen molar-refractivity contribution >= 4 is 23.3 Å². The third-order valence-electron chi connectivity index (χ3n) is 7.10. The van der Waals surface area contributed by atoms with Crippen molar-refractivity contribution in [3.05, 3.63) is 70.8 Å². The average molecular weight is 588 g/mol. The minimum absolute atomic E-state index is 0. The molecule has 0 aliphatic rings. The molecule has 2 nitrogen and oxygen atoms in total. The number of aliphatic imine (C=N–C) groups is 2. The van der Waals surface area contributed by atoms with Gasteiger partial charge in [0.05, 0.1) is 23.3 Å². The quantitative estimate of drug-likeness (QED) is 0.0836. The fourth-order valence-electron chi connectivity index (χ4n) is 5.18. The minimum atomic E-state index is 0. The Labute approximate surface area is 257 Å². The second-order valence-corrected chi connectivity index (χ2v) is 11.1. The standard InChI is InChI=1S/C37H56N2.Ni/c1-6-11-12-13-14-15-16-17-18-23-35(39-37-28-33(21-9-4)25-34(29-37)22-10-5)30-38-36-26-31(19-7-2)24-32(27-36)20-8-3;/h18,23-30H,6-17,19-22H2,1-5H3;/b23-18+,38-30+,39-35+;. The Hall–Kier alpha value is -1.99. The maximum atomic E-state index is 5.13. The summed E-state index contributed by atoms with van der Waals surface area (Å²) < 4.78 is 0. The van der Waals surface area contributed by atoms with Gasteiger partial charge in [0.15, 0.2) is 0 Å². The summed E-state index contributed by atoms with van der Waals surface area (Å²) in [6.45, 7) is 11.3. The molecule has 2 aromatic carbocycles. The molecule has 0 aliphatic heterocycles. The maximum Gasteiger partial charge on any atom is 0.0816 e. The number of unbranched alkanes of at least 4 members (excludes halogenated alkanes) is 7. The van der Waals surface area contributed by atoms with E-state index in [1.807, 2.05) is 6.21 Å². The fraction of sp³-hybridized carbons (Fsp3) is 0.568. The predicted molar refractivity (Wildman–Crippen MR) is 176 cm³/mol. The Kier molecular flexibility index (Phi) is 20.4. The van der Waals surface area contributed by atoms with Crippen LogP contribution in [0.4, 0.5) is 11.4 Å². The summed E-state index contributed by atoms with van der Waals surface area (Å²) in [6.07, 6.45) is 26.0. The smallest absolute Gasteiger partial charge is 0.0816 e. The van der Waals surface area contributed by atoms with Gasteiger partial charge in [-0.15, -0.1) is 0 Å². The van der Waals surface area contributed by atoms with E-state index in [1.54, 1.807) is 0 Å². The number of benzene rings is 2. The molecule has 0 N–H and O–H groups in total.